The fraction of sp³-hybridized carbons (Fsp3) is 0.409. The van der Waals surface area contributed by atoms with Crippen molar-refractivity contribution in [2.24, 2.45) is 0 Å². The van der Waals surface area contributed by atoms with Gasteiger partial charge in [0, 0.05) is 17.5 Å². The molecule has 1 aliphatic carbocycles. The Morgan fingerprint density at radius 2 is 1.56 bits per heavy atom. The number of rotatable bonds is 4. The SMILES string of the molecule is CC(C)(C)OC(=O)N(C(=O)OC(C)(C)C)C1=C(Cl)C[C](Nc2ccccc2[N+](=O)[O-])C=C1. The Morgan fingerprint density at radius 3 is 2.03 bits per heavy atom. The highest BCUT2D eigenvalue weighted by atomic mass is 35.5. The fourth-order valence-electron chi connectivity index (χ4n) is 2.67. The highest BCUT2D eigenvalue weighted by Crippen LogP contribution is 2.34. The lowest BCUT2D eigenvalue weighted by molar-refractivity contribution is -0.383. The van der Waals surface area contributed by atoms with Gasteiger partial charge in [0.05, 0.1) is 16.7 Å². The van der Waals surface area contributed by atoms with Crippen LogP contribution in [0.2, 0.25) is 0 Å². The van der Waals surface area contributed by atoms with Crippen LogP contribution in [0.4, 0.5) is 21.0 Å². The molecule has 0 heterocycles. The maximum atomic E-state index is 12.8. The number of ether oxygens (including phenoxy) is 2. The monoisotopic (exact) mass is 464 g/mol. The third kappa shape index (κ3) is 6.98. The normalized spacial score (nSPS) is 14.7. The molecule has 0 aromatic heterocycles. The Labute approximate surface area is 192 Å². The first-order valence-electron chi connectivity index (χ1n) is 9.87. The predicted octanol–water partition coefficient (Wildman–Crippen LogP) is 6.12. The van der Waals surface area contributed by atoms with E-state index in [9.17, 15) is 19.7 Å². The predicted molar refractivity (Wildman–Crippen MR) is 121 cm³/mol. The van der Waals surface area contributed by atoms with Gasteiger partial charge in [-0.1, -0.05) is 29.8 Å². The van der Waals surface area contributed by atoms with Crippen LogP contribution >= 0.6 is 11.6 Å². The van der Waals surface area contributed by atoms with Gasteiger partial charge in [0.25, 0.3) is 5.69 Å². The van der Waals surface area contributed by atoms with Crippen LogP contribution in [0.5, 0.6) is 0 Å². The molecule has 0 unspecified atom stereocenters. The van der Waals surface area contributed by atoms with Crippen LogP contribution in [0.3, 0.4) is 0 Å². The van der Waals surface area contributed by atoms with E-state index in [1.165, 1.54) is 12.1 Å². The van der Waals surface area contributed by atoms with Crippen LogP contribution in [0, 0.1) is 16.2 Å². The molecular weight excluding hydrogens is 438 g/mol. The lowest BCUT2D eigenvalue weighted by Crippen LogP contribution is -2.43. The first-order valence-corrected chi connectivity index (χ1v) is 10.2. The van der Waals surface area contributed by atoms with Gasteiger partial charge in [0.15, 0.2) is 0 Å². The van der Waals surface area contributed by atoms with E-state index >= 15 is 0 Å². The number of nitrogens with zero attached hydrogens (tertiary/aromatic N) is 2. The van der Waals surface area contributed by atoms with Crippen molar-refractivity contribution >= 4 is 35.2 Å². The fourth-order valence-corrected chi connectivity index (χ4v) is 2.96. The maximum Gasteiger partial charge on any atom is 0.424 e. The van der Waals surface area contributed by atoms with Crippen molar-refractivity contribution in [3.05, 3.63) is 63.3 Å². The summed E-state index contributed by atoms with van der Waals surface area (Å²) in [6.07, 6.45) is 1.28. The van der Waals surface area contributed by atoms with E-state index in [-0.39, 0.29) is 22.8 Å². The van der Waals surface area contributed by atoms with Crippen molar-refractivity contribution in [3.63, 3.8) is 0 Å². The minimum Gasteiger partial charge on any atom is -0.443 e. The molecule has 0 saturated heterocycles. The first-order chi connectivity index (χ1) is 14.7. The lowest BCUT2D eigenvalue weighted by Gasteiger charge is -2.31. The van der Waals surface area contributed by atoms with Crippen molar-refractivity contribution in [1.29, 1.82) is 0 Å². The molecule has 1 radical (unpaired) electrons. The molecule has 32 heavy (non-hydrogen) atoms. The molecule has 2 rings (SSSR count). The minimum absolute atomic E-state index is 0.0940. The summed E-state index contributed by atoms with van der Waals surface area (Å²) < 4.78 is 10.7. The topological polar surface area (TPSA) is 111 Å². The molecule has 10 heteroatoms. The number of imide groups is 1. The number of benzene rings is 1. The largest absolute Gasteiger partial charge is 0.443 e. The molecule has 0 saturated carbocycles. The number of nitrogens with one attached hydrogen (secondary N) is 1. The van der Waals surface area contributed by atoms with E-state index in [2.05, 4.69) is 5.32 Å². The number of halogens is 1. The zero-order valence-corrected chi connectivity index (χ0v) is 19.6. The smallest absolute Gasteiger partial charge is 0.424 e. The second-order valence-corrected chi connectivity index (χ2v) is 9.48. The summed E-state index contributed by atoms with van der Waals surface area (Å²) in [4.78, 5) is 37.1. The third-order valence-corrected chi connectivity index (χ3v) is 4.18. The molecular formula is C22H27ClN3O6. The maximum absolute atomic E-state index is 12.8. The average Bonchev–Trinajstić information content (AvgIpc) is 2.61. The molecule has 0 bridgehead atoms. The molecule has 1 N–H and O–H groups in total. The molecule has 1 aromatic rings. The van der Waals surface area contributed by atoms with E-state index in [0.717, 1.165) is 4.90 Å². The van der Waals surface area contributed by atoms with E-state index in [1.807, 2.05) is 0 Å². The van der Waals surface area contributed by atoms with Crippen molar-refractivity contribution in [3.8, 4) is 0 Å². The van der Waals surface area contributed by atoms with Gasteiger partial charge in [-0.3, -0.25) is 10.1 Å². The average molecular weight is 465 g/mol. The number of amides is 2. The summed E-state index contributed by atoms with van der Waals surface area (Å²) in [6.45, 7) is 10.0. The Balaban J connectivity index is 2.30. The standard InChI is InChI=1S/C22H27ClN3O6/c1-21(2,3)31-19(27)25(20(28)32-22(4,5)6)17-12-11-14(13-15(17)23)24-16-9-7-8-10-18(16)26(29)30/h7-12,24H,13H2,1-6H3. The number of hydrogen-bond donors (Lipinski definition) is 1. The second-order valence-electron chi connectivity index (χ2n) is 9.02. The Kier molecular flexibility index (Phi) is 7.56. The molecule has 1 aromatic carbocycles. The number of hydrogen-bond acceptors (Lipinski definition) is 7. The van der Waals surface area contributed by atoms with Gasteiger partial charge in [-0.05, 0) is 53.7 Å². The number of allylic oxidation sites excluding steroid dienone is 1. The number of anilines is 1. The van der Waals surface area contributed by atoms with Crippen molar-refractivity contribution in [2.75, 3.05) is 5.32 Å². The van der Waals surface area contributed by atoms with E-state index in [1.54, 1.807) is 65.8 Å². The molecule has 9 nitrogen and oxygen atoms in total. The zero-order chi connectivity index (χ0) is 24.3. The number of carbonyl (C=O) groups excluding carboxylic acids is 2. The van der Waals surface area contributed by atoms with Crippen molar-refractivity contribution in [2.45, 2.75) is 59.2 Å². The van der Waals surface area contributed by atoms with Gasteiger partial charge < -0.3 is 14.8 Å². The molecule has 0 atom stereocenters. The quantitative estimate of drug-likeness (QED) is 0.421. The zero-order valence-electron chi connectivity index (χ0n) is 18.9. The Morgan fingerprint density at radius 1 is 1.03 bits per heavy atom. The van der Waals surface area contributed by atoms with Gasteiger partial charge in [-0.15, -0.1) is 0 Å². The van der Waals surface area contributed by atoms with Gasteiger partial charge >= 0.3 is 12.2 Å². The summed E-state index contributed by atoms with van der Waals surface area (Å²) in [5.41, 5.74) is -1.41. The Bertz CT molecular complexity index is 931. The van der Waals surface area contributed by atoms with Crippen LogP contribution < -0.4 is 5.32 Å². The van der Waals surface area contributed by atoms with E-state index in [4.69, 9.17) is 21.1 Å². The highest BCUT2D eigenvalue weighted by molar-refractivity contribution is 6.30. The summed E-state index contributed by atoms with van der Waals surface area (Å²) in [6, 6.07) is 6.72. The van der Waals surface area contributed by atoms with Crippen LogP contribution in [0.25, 0.3) is 0 Å². The van der Waals surface area contributed by atoms with Crippen LogP contribution in [0.1, 0.15) is 48.0 Å². The van der Waals surface area contributed by atoms with Gasteiger partial charge in [0.1, 0.15) is 16.9 Å². The van der Waals surface area contributed by atoms with Crippen LogP contribution in [-0.4, -0.2) is 33.2 Å². The van der Waals surface area contributed by atoms with E-state index < -0.39 is 28.3 Å². The molecule has 0 fully saturated rings. The summed E-state index contributed by atoms with van der Waals surface area (Å²) in [5, 5.41) is 14.4. The summed E-state index contributed by atoms with van der Waals surface area (Å²) in [7, 11) is 0. The van der Waals surface area contributed by atoms with Crippen molar-refractivity contribution < 1.29 is 24.0 Å². The number of nitro benzene ring substituents is 1. The van der Waals surface area contributed by atoms with Gasteiger partial charge in [-0.2, -0.15) is 4.90 Å². The number of nitro groups is 1. The molecule has 1 aliphatic rings. The molecule has 0 aliphatic heterocycles. The minimum atomic E-state index is -0.931. The van der Waals surface area contributed by atoms with Crippen LogP contribution in [0.15, 0.2) is 47.1 Å². The number of para-hydroxylation sites is 2. The second kappa shape index (κ2) is 9.60. The molecule has 173 valence electrons. The summed E-state index contributed by atoms with van der Waals surface area (Å²) in [5.74, 6) is 0. The number of carbonyl (C=O) groups is 2. The lowest BCUT2D eigenvalue weighted by atomic mass is 10.1. The Hall–Kier alpha value is -3.07. The van der Waals surface area contributed by atoms with E-state index in [0.29, 0.717) is 11.7 Å². The third-order valence-electron chi connectivity index (χ3n) is 3.85. The molecule has 2 amide bonds. The molecule has 0 spiro atoms. The first kappa shape index (κ1) is 25.2. The highest BCUT2D eigenvalue weighted by Gasteiger charge is 2.36. The van der Waals surface area contributed by atoms with Crippen molar-refractivity contribution in [1.82, 2.24) is 4.90 Å². The van der Waals surface area contributed by atoms with Gasteiger partial charge in [0.2, 0.25) is 0 Å². The van der Waals surface area contributed by atoms with Crippen LogP contribution in [-0.2, 0) is 9.47 Å². The van der Waals surface area contributed by atoms with Gasteiger partial charge in [-0.25, -0.2) is 9.59 Å². The summed E-state index contributed by atoms with van der Waals surface area (Å²) >= 11 is 6.45.